The van der Waals surface area contributed by atoms with Crippen molar-refractivity contribution in [3.8, 4) is 0 Å². The van der Waals surface area contributed by atoms with Crippen molar-refractivity contribution in [1.29, 1.82) is 0 Å². The summed E-state index contributed by atoms with van der Waals surface area (Å²) in [6.45, 7) is 5.79. The molecule has 0 fully saturated rings. The van der Waals surface area contributed by atoms with E-state index in [9.17, 15) is 4.79 Å². The molecule has 1 atom stereocenters. The van der Waals surface area contributed by atoms with Gasteiger partial charge in [-0.2, -0.15) is 0 Å². The van der Waals surface area contributed by atoms with Crippen molar-refractivity contribution >= 4 is 5.97 Å². The van der Waals surface area contributed by atoms with Crippen LogP contribution in [-0.2, 0) is 4.79 Å². The quantitative estimate of drug-likeness (QED) is 0.485. The number of carboxylic acids is 1. The van der Waals surface area contributed by atoms with Gasteiger partial charge in [-0.15, -0.1) is 6.58 Å². The lowest BCUT2D eigenvalue weighted by Crippen LogP contribution is -1.96. The Morgan fingerprint density at radius 2 is 2.31 bits per heavy atom. The summed E-state index contributed by atoms with van der Waals surface area (Å²) in [4.78, 5) is 10.3. The Bertz CT molecular complexity index is 183. The van der Waals surface area contributed by atoms with Crippen molar-refractivity contribution in [1.82, 2.24) is 0 Å². The lowest BCUT2D eigenvalue weighted by Gasteiger charge is -2.07. The Balaban J connectivity index is 3.92. The Kier molecular flexibility index (Phi) is 6.98. The zero-order chi connectivity index (χ0) is 10.1. The van der Waals surface area contributed by atoms with Gasteiger partial charge in [0.2, 0.25) is 0 Å². The molecule has 0 saturated heterocycles. The molecule has 0 aromatic heterocycles. The van der Waals surface area contributed by atoms with Crippen molar-refractivity contribution in [2.45, 2.75) is 32.6 Å². The summed E-state index contributed by atoms with van der Waals surface area (Å²) in [7, 11) is 0. The third-order valence-electron chi connectivity index (χ3n) is 1.91. The predicted octanol–water partition coefficient (Wildman–Crippen LogP) is 3.01. The number of rotatable bonds is 7. The number of aliphatic carboxylic acids is 1. The van der Waals surface area contributed by atoms with Gasteiger partial charge in [-0.1, -0.05) is 31.9 Å². The van der Waals surface area contributed by atoms with Crippen LogP contribution in [0.3, 0.4) is 0 Å². The average molecular weight is 182 g/mol. The monoisotopic (exact) mass is 182 g/mol. The van der Waals surface area contributed by atoms with Gasteiger partial charge in [0.05, 0.1) is 0 Å². The van der Waals surface area contributed by atoms with Gasteiger partial charge >= 0.3 is 5.97 Å². The highest BCUT2D eigenvalue weighted by Crippen LogP contribution is 2.14. The highest BCUT2D eigenvalue weighted by Gasteiger charge is 2.01. The number of carboxylic acid groups (broad SMARTS) is 1. The highest BCUT2D eigenvalue weighted by molar-refractivity contribution is 5.79. The topological polar surface area (TPSA) is 37.3 Å². The van der Waals surface area contributed by atoms with Crippen molar-refractivity contribution in [2.75, 3.05) is 0 Å². The predicted molar refractivity (Wildman–Crippen MR) is 54.6 cm³/mol. The molecule has 74 valence electrons. The van der Waals surface area contributed by atoms with Crippen LogP contribution in [0.5, 0.6) is 0 Å². The molecule has 1 N–H and O–H groups in total. The standard InChI is InChI=1S/C11H18O2/c1-3-5-7-10(6-4-2)8-9-11(12)13/h4,8-10H,2-3,5-7H2,1H3,(H,12,13)/b9-8+. The van der Waals surface area contributed by atoms with Crippen LogP contribution in [0.15, 0.2) is 24.8 Å². The summed E-state index contributed by atoms with van der Waals surface area (Å²) in [6.07, 6.45) is 9.03. The van der Waals surface area contributed by atoms with Crippen molar-refractivity contribution in [3.63, 3.8) is 0 Å². The van der Waals surface area contributed by atoms with Gasteiger partial charge in [0.1, 0.15) is 0 Å². The van der Waals surface area contributed by atoms with E-state index in [4.69, 9.17) is 5.11 Å². The maximum atomic E-state index is 10.3. The van der Waals surface area contributed by atoms with E-state index in [2.05, 4.69) is 13.5 Å². The van der Waals surface area contributed by atoms with Gasteiger partial charge in [0.25, 0.3) is 0 Å². The summed E-state index contributed by atoms with van der Waals surface area (Å²) >= 11 is 0. The van der Waals surface area contributed by atoms with E-state index < -0.39 is 5.97 Å². The molecular formula is C11H18O2. The number of allylic oxidation sites excluding steroid dienone is 2. The molecule has 0 heterocycles. The van der Waals surface area contributed by atoms with Crippen molar-refractivity contribution in [3.05, 3.63) is 24.8 Å². The maximum Gasteiger partial charge on any atom is 0.327 e. The van der Waals surface area contributed by atoms with E-state index in [1.54, 1.807) is 6.08 Å². The van der Waals surface area contributed by atoms with Crippen LogP contribution in [0, 0.1) is 5.92 Å². The normalized spacial score (nSPS) is 13.0. The maximum absolute atomic E-state index is 10.3. The lowest BCUT2D eigenvalue weighted by atomic mass is 9.98. The Labute approximate surface area is 80.0 Å². The molecule has 0 aromatic carbocycles. The van der Waals surface area contributed by atoms with Gasteiger partial charge in [0.15, 0.2) is 0 Å². The Hall–Kier alpha value is -1.05. The molecule has 0 radical (unpaired) electrons. The van der Waals surface area contributed by atoms with Crippen LogP contribution in [-0.4, -0.2) is 11.1 Å². The van der Waals surface area contributed by atoms with E-state index in [1.807, 2.05) is 6.08 Å². The molecule has 13 heavy (non-hydrogen) atoms. The Morgan fingerprint density at radius 1 is 1.62 bits per heavy atom. The van der Waals surface area contributed by atoms with Gasteiger partial charge < -0.3 is 5.11 Å². The van der Waals surface area contributed by atoms with Gasteiger partial charge in [-0.3, -0.25) is 0 Å². The summed E-state index contributed by atoms with van der Waals surface area (Å²) in [5.41, 5.74) is 0. The molecule has 1 unspecified atom stereocenters. The molecule has 0 aliphatic heterocycles. The summed E-state index contributed by atoms with van der Waals surface area (Å²) < 4.78 is 0. The molecule has 0 spiro atoms. The smallest absolute Gasteiger partial charge is 0.327 e. The molecule has 0 aromatic rings. The minimum atomic E-state index is -0.870. The lowest BCUT2D eigenvalue weighted by molar-refractivity contribution is -0.131. The SMILES string of the molecule is C=CCC(/C=C/C(=O)O)CCCC. The van der Waals surface area contributed by atoms with Crippen LogP contribution >= 0.6 is 0 Å². The second-order valence-corrected chi connectivity index (χ2v) is 3.12. The third-order valence-corrected chi connectivity index (χ3v) is 1.91. The van der Waals surface area contributed by atoms with E-state index in [-0.39, 0.29) is 0 Å². The van der Waals surface area contributed by atoms with Crippen LogP contribution < -0.4 is 0 Å². The second-order valence-electron chi connectivity index (χ2n) is 3.12. The number of unbranched alkanes of at least 4 members (excludes halogenated alkanes) is 1. The first-order valence-electron chi connectivity index (χ1n) is 4.72. The fourth-order valence-electron chi connectivity index (χ4n) is 1.19. The average Bonchev–Trinajstić information content (AvgIpc) is 2.09. The first kappa shape index (κ1) is 11.9. The molecule has 0 bridgehead atoms. The number of hydrogen-bond acceptors (Lipinski definition) is 1. The minimum Gasteiger partial charge on any atom is -0.478 e. The molecule has 0 amide bonds. The van der Waals surface area contributed by atoms with Gasteiger partial charge in [-0.25, -0.2) is 4.79 Å². The third kappa shape index (κ3) is 7.32. The summed E-state index contributed by atoms with van der Waals surface area (Å²) in [6, 6.07) is 0. The molecular weight excluding hydrogens is 164 g/mol. The number of carbonyl (C=O) groups is 1. The van der Waals surface area contributed by atoms with E-state index in [0.29, 0.717) is 5.92 Å². The van der Waals surface area contributed by atoms with E-state index in [0.717, 1.165) is 25.7 Å². The highest BCUT2D eigenvalue weighted by atomic mass is 16.4. The van der Waals surface area contributed by atoms with Crippen LogP contribution in [0.1, 0.15) is 32.6 Å². The zero-order valence-corrected chi connectivity index (χ0v) is 8.20. The van der Waals surface area contributed by atoms with Crippen LogP contribution in [0.25, 0.3) is 0 Å². The molecule has 2 nitrogen and oxygen atoms in total. The van der Waals surface area contributed by atoms with Gasteiger partial charge in [0, 0.05) is 6.08 Å². The summed E-state index contributed by atoms with van der Waals surface area (Å²) in [5, 5.41) is 8.44. The molecule has 0 aliphatic rings. The van der Waals surface area contributed by atoms with E-state index in [1.165, 1.54) is 6.08 Å². The molecule has 0 aliphatic carbocycles. The fraction of sp³-hybridized carbons (Fsp3) is 0.545. The fourth-order valence-corrected chi connectivity index (χ4v) is 1.19. The summed E-state index contributed by atoms with van der Waals surface area (Å²) in [5.74, 6) is -0.529. The molecule has 0 saturated carbocycles. The minimum absolute atomic E-state index is 0.341. The van der Waals surface area contributed by atoms with Crippen LogP contribution in [0.4, 0.5) is 0 Å². The first-order valence-corrected chi connectivity index (χ1v) is 4.72. The first-order chi connectivity index (χ1) is 6.20. The molecule has 0 rings (SSSR count). The van der Waals surface area contributed by atoms with E-state index >= 15 is 0 Å². The zero-order valence-electron chi connectivity index (χ0n) is 8.20. The van der Waals surface area contributed by atoms with Crippen molar-refractivity contribution < 1.29 is 9.90 Å². The van der Waals surface area contributed by atoms with Gasteiger partial charge in [-0.05, 0) is 18.8 Å². The van der Waals surface area contributed by atoms with Crippen molar-refractivity contribution in [2.24, 2.45) is 5.92 Å². The number of hydrogen-bond donors (Lipinski definition) is 1. The molecule has 2 heteroatoms. The van der Waals surface area contributed by atoms with Crippen LogP contribution in [0.2, 0.25) is 0 Å². The second kappa shape index (κ2) is 7.59. The largest absolute Gasteiger partial charge is 0.478 e. The Morgan fingerprint density at radius 3 is 2.77 bits per heavy atom.